The maximum atomic E-state index is 6.16. The molecule has 5 aromatic rings. The lowest BCUT2D eigenvalue weighted by molar-refractivity contribution is 0.669. The molecule has 0 fully saturated rings. The predicted molar refractivity (Wildman–Crippen MR) is 112 cm³/mol. The Labute approximate surface area is 156 Å². The number of thioether (sulfide) groups is 1. The molecule has 2 heteroatoms. The average Bonchev–Trinajstić information content (AvgIpc) is 3.04. The molecule has 0 saturated carbocycles. The van der Waals surface area contributed by atoms with Crippen LogP contribution in [0.5, 0.6) is 0 Å². The summed E-state index contributed by atoms with van der Waals surface area (Å²) in [7, 11) is 0. The maximum Gasteiger partial charge on any atom is 0.137 e. The normalized spacial score (nSPS) is 11.6. The van der Waals surface area contributed by atoms with Crippen LogP contribution in [-0.2, 0) is 5.75 Å². The lowest BCUT2D eigenvalue weighted by Crippen LogP contribution is -1.84. The zero-order chi connectivity index (χ0) is 17.5. The summed E-state index contributed by atoms with van der Waals surface area (Å²) < 4.78 is 6.16. The van der Waals surface area contributed by atoms with Gasteiger partial charge in [-0.15, -0.1) is 11.8 Å². The molecule has 4 aromatic carbocycles. The van der Waals surface area contributed by atoms with Gasteiger partial charge >= 0.3 is 0 Å². The third-order valence-corrected chi connectivity index (χ3v) is 6.04. The molecule has 0 unspecified atom stereocenters. The lowest BCUT2D eigenvalue weighted by atomic mass is 10.1. The largest absolute Gasteiger partial charge is 0.456 e. The van der Waals surface area contributed by atoms with Gasteiger partial charge in [0.05, 0.1) is 0 Å². The zero-order valence-corrected chi connectivity index (χ0v) is 15.3. The van der Waals surface area contributed by atoms with Crippen LogP contribution in [0.2, 0.25) is 0 Å². The number of benzene rings is 4. The number of aryl methyl sites for hydroxylation is 1. The number of fused-ring (bicyclic) bond motifs is 4. The van der Waals surface area contributed by atoms with Crippen molar-refractivity contribution in [3.63, 3.8) is 0 Å². The fourth-order valence-corrected chi connectivity index (χ4v) is 4.70. The topological polar surface area (TPSA) is 13.1 Å². The van der Waals surface area contributed by atoms with E-state index in [2.05, 4.69) is 79.7 Å². The molecular formula is C24H18OS. The Balaban J connectivity index is 1.72. The fraction of sp³-hybridized carbons (Fsp3) is 0.0833. The molecule has 0 bridgehead atoms. The summed E-state index contributed by atoms with van der Waals surface area (Å²) in [6.07, 6.45) is 0. The predicted octanol–water partition coefficient (Wildman–Crippen LogP) is 7.34. The van der Waals surface area contributed by atoms with Gasteiger partial charge in [0.15, 0.2) is 0 Å². The van der Waals surface area contributed by atoms with Crippen molar-refractivity contribution in [2.45, 2.75) is 17.6 Å². The zero-order valence-electron chi connectivity index (χ0n) is 14.5. The summed E-state index contributed by atoms with van der Waals surface area (Å²) in [6.45, 7) is 2.13. The van der Waals surface area contributed by atoms with Crippen LogP contribution in [0.25, 0.3) is 32.7 Å². The minimum Gasteiger partial charge on any atom is -0.456 e. The molecule has 1 aromatic heterocycles. The first-order chi connectivity index (χ1) is 12.8. The van der Waals surface area contributed by atoms with E-state index in [9.17, 15) is 0 Å². The Morgan fingerprint density at radius 2 is 1.50 bits per heavy atom. The molecule has 0 radical (unpaired) electrons. The Morgan fingerprint density at radius 3 is 2.35 bits per heavy atom. The van der Waals surface area contributed by atoms with E-state index in [0.717, 1.165) is 16.9 Å². The molecule has 126 valence electrons. The number of furan rings is 1. The minimum absolute atomic E-state index is 0.947. The highest BCUT2D eigenvalue weighted by atomic mass is 32.2. The Morgan fingerprint density at radius 1 is 0.769 bits per heavy atom. The van der Waals surface area contributed by atoms with E-state index in [1.54, 1.807) is 0 Å². The van der Waals surface area contributed by atoms with Crippen LogP contribution in [0.3, 0.4) is 0 Å². The van der Waals surface area contributed by atoms with Crippen molar-refractivity contribution in [1.29, 1.82) is 0 Å². The van der Waals surface area contributed by atoms with Crippen molar-refractivity contribution in [3.05, 3.63) is 90.0 Å². The maximum absolute atomic E-state index is 6.16. The number of hydrogen-bond acceptors (Lipinski definition) is 2. The summed E-state index contributed by atoms with van der Waals surface area (Å²) in [5.41, 5.74) is 4.56. The second kappa shape index (κ2) is 6.22. The van der Waals surface area contributed by atoms with Crippen molar-refractivity contribution in [3.8, 4) is 0 Å². The van der Waals surface area contributed by atoms with Crippen molar-refractivity contribution in [2.75, 3.05) is 0 Å². The van der Waals surface area contributed by atoms with Crippen LogP contribution in [0, 0.1) is 6.92 Å². The van der Waals surface area contributed by atoms with E-state index in [0.29, 0.717) is 0 Å². The summed E-state index contributed by atoms with van der Waals surface area (Å²) >= 11 is 1.90. The van der Waals surface area contributed by atoms with E-state index in [4.69, 9.17) is 4.42 Å². The molecule has 0 N–H and O–H groups in total. The summed E-state index contributed by atoms with van der Waals surface area (Å²) in [5, 5.41) is 4.95. The van der Waals surface area contributed by atoms with Gasteiger partial charge in [-0.25, -0.2) is 0 Å². The number of rotatable bonds is 3. The highest BCUT2D eigenvalue weighted by molar-refractivity contribution is 7.99. The van der Waals surface area contributed by atoms with Crippen molar-refractivity contribution < 1.29 is 4.42 Å². The van der Waals surface area contributed by atoms with Gasteiger partial charge in [0.1, 0.15) is 11.2 Å². The highest BCUT2D eigenvalue weighted by Crippen LogP contribution is 2.42. The fourth-order valence-electron chi connectivity index (χ4n) is 3.50. The summed E-state index contributed by atoms with van der Waals surface area (Å²) in [4.78, 5) is 1.31. The minimum atomic E-state index is 0.947. The van der Waals surface area contributed by atoms with E-state index in [-0.39, 0.29) is 0 Å². The Hall–Kier alpha value is -2.71. The third kappa shape index (κ3) is 2.58. The molecule has 26 heavy (non-hydrogen) atoms. The second-order valence-corrected chi connectivity index (χ2v) is 7.66. The molecule has 1 heterocycles. The molecule has 0 spiro atoms. The molecule has 0 atom stereocenters. The van der Waals surface area contributed by atoms with Crippen molar-refractivity contribution in [1.82, 2.24) is 0 Å². The van der Waals surface area contributed by atoms with Crippen LogP contribution < -0.4 is 0 Å². The van der Waals surface area contributed by atoms with Crippen LogP contribution >= 0.6 is 11.8 Å². The van der Waals surface area contributed by atoms with Crippen LogP contribution in [0.1, 0.15) is 11.1 Å². The van der Waals surface area contributed by atoms with Gasteiger partial charge in [0, 0.05) is 21.4 Å². The average molecular weight is 354 g/mol. The van der Waals surface area contributed by atoms with Gasteiger partial charge in [0.25, 0.3) is 0 Å². The molecule has 1 nitrogen and oxygen atoms in total. The molecule has 5 rings (SSSR count). The molecule has 0 aliphatic heterocycles. The SMILES string of the molecule is Cc1ccc(CSc2c3ccccc3cc3oc4ccccc4c23)cc1. The Bertz CT molecular complexity index is 1230. The Kier molecular flexibility index (Phi) is 3.72. The summed E-state index contributed by atoms with van der Waals surface area (Å²) in [6, 6.07) is 27.9. The highest BCUT2D eigenvalue weighted by Gasteiger charge is 2.15. The first-order valence-electron chi connectivity index (χ1n) is 8.81. The molecule has 0 aliphatic rings. The first kappa shape index (κ1) is 15.5. The van der Waals surface area contributed by atoms with Crippen LogP contribution in [0.4, 0.5) is 0 Å². The second-order valence-electron chi connectivity index (χ2n) is 6.67. The molecule has 0 saturated heterocycles. The van der Waals surface area contributed by atoms with Gasteiger partial charge in [0.2, 0.25) is 0 Å². The van der Waals surface area contributed by atoms with E-state index >= 15 is 0 Å². The monoisotopic (exact) mass is 354 g/mol. The molecule has 0 amide bonds. The number of para-hydroxylation sites is 1. The van der Waals surface area contributed by atoms with Crippen LogP contribution in [-0.4, -0.2) is 0 Å². The van der Waals surface area contributed by atoms with Crippen molar-refractivity contribution in [2.24, 2.45) is 0 Å². The standard InChI is InChI=1S/C24H18OS/c1-16-10-12-17(13-11-16)15-26-24-19-7-3-2-6-18(19)14-22-23(24)20-8-4-5-9-21(20)25-22/h2-14H,15H2,1H3. The van der Waals surface area contributed by atoms with Crippen molar-refractivity contribution >= 4 is 44.5 Å². The lowest BCUT2D eigenvalue weighted by Gasteiger charge is -2.09. The van der Waals surface area contributed by atoms with Crippen LogP contribution in [0.15, 0.2) is 88.2 Å². The molecular weight excluding hydrogens is 336 g/mol. The third-order valence-electron chi connectivity index (χ3n) is 4.85. The van der Waals surface area contributed by atoms with E-state index < -0.39 is 0 Å². The smallest absolute Gasteiger partial charge is 0.137 e. The molecule has 0 aliphatic carbocycles. The van der Waals surface area contributed by atoms with Gasteiger partial charge in [-0.2, -0.15) is 0 Å². The quantitative estimate of drug-likeness (QED) is 0.314. The van der Waals surface area contributed by atoms with Gasteiger partial charge in [-0.1, -0.05) is 72.3 Å². The first-order valence-corrected chi connectivity index (χ1v) is 9.79. The van der Waals surface area contributed by atoms with Gasteiger partial charge < -0.3 is 4.42 Å². The number of hydrogen-bond donors (Lipinski definition) is 0. The van der Waals surface area contributed by atoms with E-state index in [1.165, 1.54) is 37.6 Å². The van der Waals surface area contributed by atoms with Gasteiger partial charge in [-0.3, -0.25) is 0 Å². The van der Waals surface area contributed by atoms with E-state index in [1.807, 2.05) is 17.8 Å². The van der Waals surface area contributed by atoms with Gasteiger partial charge in [-0.05, 0) is 35.4 Å². The summed E-state index contributed by atoms with van der Waals surface area (Å²) in [5.74, 6) is 0.947.